The number of hydrogen-bond donors (Lipinski definition) is 0. The van der Waals surface area contributed by atoms with Crippen molar-refractivity contribution in [3.8, 4) is 0 Å². The molecule has 0 radical (unpaired) electrons. The van der Waals surface area contributed by atoms with Crippen LogP contribution in [0.5, 0.6) is 0 Å². The molecule has 1 amide bonds. The normalized spacial score (nSPS) is 19.9. The maximum absolute atomic E-state index is 12.8. The molecule has 2 aromatic carbocycles. The summed E-state index contributed by atoms with van der Waals surface area (Å²) in [5, 5.41) is 0. The standard InChI is InChI=1S/C19H20N2O4S/c1-20-17-10-6-5-9-16(17)19(25-18(20)22)11-13-21(14-12-19)26(23,24)15-7-3-2-4-8-15/h2-10H,11-14H2,1H3. The summed E-state index contributed by atoms with van der Waals surface area (Å²) < 4.78 is 32.9. The van der Waals surface area contributed by atoms with Gasteiger partial charge in [-0.1, -0.05) is 36.4 Å². The van der Waals surface area contributed by atoms with E-state index < -0.39 is 21.7 Å². The van der Waals surface area contributed by atoms with Gasteiger partial charge in [-0.05, 0) is 18.2 Å². The molecule has 0 aliphatic carbocycles. The third-order valence-electron chi connectivity index (χ3n) is 5.22. The van der Waals surface area contributed by atoms with Gasteiger partial charge in [0.05, 0.1) is 10.6 Å². The fourth-order valence-electron chi connectivity index (χ4n) is 3.74. The van der Waals surface area contributed by atoms with Crippen LogP contribution in [0, 0.1) is 0 Å². The van der Waals surface area contributed by atoms with Gasteiger partial charge in [-0.3, -0.25) is 4.90 Å². The molecule has 0 unspecified atom stereocenters. The Bertz CT molecular complexity index is 935. The number of fused-ring (bicyclic) bond motifs is 2. The van der Waals surface area contributed by atoms with Gasteiger partial charge < -0.3 is 4.74 Å². The van der Waals surface area contributed by atoms with Crippen molar-refractivity contribution >= 4 is 21.8 Å². The van der Waals surface area contributed by atoms with Crippen molar-refractivity contribution in [2.75, 3.05) is 25.0 Å². The van der Waals surface area contributed by atoms with E-state index in [0.29, 0.717) is 25.9 Å². The molecular formula is C19H20N2O4S. The monoisotopic (exact) mass is 372 g/mol. The Morgan fingerprint density at radius 2 is 1.58 bits per heavy atom. The molecule has 0 N–H and O–H groups in total. The highest BCUT2D eigenvalue weighted by Crippen LogP contribution is 2.45. The van der Waals surface area contributed by atoms with Gasteiger partial charge in [-0.15, -0.1) is 0 Å². The molecule has 6 nitrogen and oxygen atoms in total. The fraction of sp³-hybridized carbons (Fsp3) is 0.316. The van der Waals surface area contributed by atoms with E-state index >= 15 is 0 Å². The number of amides is 1. The van der Waals surface area contributed by atoms with Gasteiger partial charge in [0.2, 0.25) is 10.0 Å². The van der Waals surface area contributed by atoms with Crippen molar-refractivity contribution in [2.45, 2.75) is 23.3 Å². The lowest BCUT2D eigenvalue weighted by atomic mass is 9.82. The van der Waals surface area contributed by atoms with Gasteiger partial charge in [0.1, 0.15) is 5.60 Å². The van der Waals surface area contributed by atoms with E-state index in [1.54, 1.807) is 37.4 Å². The molecule has 1 spiro atoms. The summed E-state index contributed by atoms with van der Waals surface area (Å²) in [7, 11) is -1.85. The molecule has 1 saturated heterocycles. The predicted octanol–water partition coefficient (Wildman–Crippen LogP) is 2.95. The van der Waals surface area contributed by atoms with Crippen LogP contribution in [-0.2, 0) is 20.4 Å². The largest absolute Gasteiger partial charge is 0.437 e. The van der Waals surface area contributed by atoms with E-state index in [-0.39, 0.29) is 4.90 Å². The van der Waals surface area contributed by atoms with Crippen molar-refractivity contribution in [2.24, 2.45) is 0 Å². The average molecular weight is 372 g/mol. The third kappa shape index (κ3) is 2.59. The molecule has 136 valence electrons. The highest BCUT2D eigenvalue weighted by molar-refractivity contribution is 7.89. The number of hydrogen-bond acceptors (Lipinski definition) is 4. The molecule has 4 rings (SSSR count). The summed E-state index contributed by atoms with van der Waals surface area (Å²) in [6.45, 7) is 0.616. The first-order valence-electron chi connectivity index (χ1n) is 8.55. The zero-order chi connectivity index (χ0) is 18.4. The Hall–Kier alpha value is -2.38. The van der Waals surface area contributed by atoms with Crippen molar-refractivity contribution in [3.05, 3.63) is 60.2 Å². The lowest BCUT2D eigenvalue weighted by Crippen LogP contribution is -2.51. The molecule has 2 aliphatic rings. The smallest absolute Gasteiger partial charge is 0.414 e. The van der Waals surface area contributed by atoms with E-state index in [1.807, 2.05) is 24.3 Å². The van der Waals surface area contributed by atoms with Crippen molar-refractivity contribution in [1.82, 2.24) is 4.31 Å². The van der Waals surface area contributed by atoms with Crippen LogP contribution < -0.4 is 4.90 Å². The summed E-state index contributed by atoms with van der Waals surface area (Å²) in [6, 6.07) is 16.1. The van der Waals surface area contributed by atoms with Crippen LogP contribution in [0.1, 0.15) is 18.4 Å². The highest BCUT2D eigenvalue weighted by Gasteiger charge is 2.47. The topological polar surface area (TPSA) is 66.9 Å². The average Bonchev–Trinajstić information content (AvgIpc) is 2.67. The molecule has 1 fully saturated rings. The Labute approximate surface area is 153 Å². The highest BCUT2D eigenvalue weighted by atomic mass is 32.2. The van der Waals surface area contributed by atoms with Gasteiger partial charge >= 0.3 is 6.09 Å². The van der Waals surface area contributed by atoms with Crippen molar-refractivity contribution in [1.29, 1.82) is 0 Å². The molecule has 0 bridgehead atoms. The van der Waals surface area contributed by atoms with E-state index in [0.717, 1.165) is 11.3 Å². The summed E-state index contributed by atoms with van der Waals surface area (Å²) in [5.74, 6) is 0. The van der Waals surface area contributed by atoms with Crippen LogP contribution >= 0.6 is 0 Å². The van der Waals surface area contributed by atoms with Gasteiger partial charge in [0, 0.05) is 38.5 Å². The molecule has 26 heavy (non-hydrogen) atoms. The molecule has 2 heterocycles. The first-order chi connectivity index (χ1) is 12.4. The molecule has 0 aromatic heterocycles. The zero-order valence-electron chi connectivity index (χ0n) is 14.5. The predicted molar refractivity (Wildman–Crippen MR) is 97.4 cm³/mol. The fourth-order valence-corrected chi connectivity index (χ4v) is 5.20. The van der Waals surface area contributed by atoms with Crippen LogP contribution in [0.2, 0.25) is 0 Å². The Morgan fingerprint density at radius 1 is 0.962 bits per heavy atom. The van der Waals surface area contributed by atoms with Crippen LogP contribution in [0.3, 0.4) is 0 Å². The maximum Gasteiger partial charge on any atom is 0.414 e. The number of para-hydroxylation sites is 1. The van der Waals surface area contributed by atoms with Crippen LogP contribution in [-0.4, -0.2) is 39.0 Å². The van der Waals surface area contributed by atoms with Crippen LogP contribution in [0.15, 0.2) is 59.5 Å². The van der Waals surface area contributed by atoms with E-state index in [9.17, 15) is 13.2 Å². The number of sulfonamides is 1. The number of carbonyl (C=O) groups excluding carboxylic acids is 1. The minimum Gasteiger partial charge on any atom is -0.437 e. The zero-order valence-corrected chi connectivity index (χ0v) is 15.3. The molecule has 0 atom stereocenters. The first-order valence-corrected chi connectivity index (χ1v) is 9.99. The minimum atomic E-state index is -3.54. The second-order valence-corrected chi connectivity index (χ2v) is 8.59. The Kier molecular flexibility index (Phi) is 4.00. The summed E-state index contributed by atoms with van der Waals surface area (Å²) in [4.78, 5) is 14.1. The number of benzene rings is 2. The lowest BCUT2D eigenvalue weighted by Gasteiger charge is -2.45. The quantitative estimate of drug-likeness (QED) is 0.813. The third-order valence-corrected chi connectivity index (χ3v) is 7.14. The molecule has 2 aromatic rings. The first kappa shape index (κ1) is 17.1. The number of ether oxygens (including phenoxy) is 1. The molecule has 2 aliphatic heterocycles. The van der Waals surface area contributed by atoms with E-state index in [4.69, 9.17) is 4.74 Å². The number of nitrogens with zero attached hydrogens (tertiary/aromatic N) is 2. The summed E-state index contributed by atoms with van der Waals surface area (Å²) in [5.41, 5.74) is 1.00. The molecular weight excluding hydrogens is 352 g/mol. The summed E-state index contributed by atoms with van der Waals surface area (Å²) >= 11 is 0. The van der Waals surface area contributed by atoms with Crippen LogP contribution in [0.25, 0.3) is 0 Å². The van der Waals surface area contributed by atoms with E-state index in [1.165, 1.54) is 9.21 Å². The van der Waals surface area contributed by atoms with E-state index in [2.05, 4.69) is 0 Å². The Morgan fingerprint density at radius 3 is 2.27 bits per heavy atom. The number of piperidine rings is 1. The number of rotatable bonds is 2. The summed E-state index contributed by atoms with van der Waals surface area (Å²) in [6.07, 6.45) is 0.480. The van der Waals surface area contributed by atoms with Crippen LogP contribution in [0.4, 0.5) is 10.5 Å². The van der Waals surface area contributed by atoms with Gasteiger partial charge in [-0.25, -0.2) is 13.2 Å². The second kappa shape index (κ2) is 6.10. The number of anilines is 1. The SMILES string of the molecule is CN1C(=O)OC2(CCN(S(=O)(=O)c3ccccc3)CC2)c2ccccc21. The molecule has 0 saturated carbocycles. The van der Waals surface area contributed by atoms with Crippen molar-refractivity contribution < 1.29 is 17.9 Å². The second-order valence-electron chi connectivity index (χ2n) is 6.66. The minimum absolute atomic E-state index is 0.289. The maximum atomic E-state index is 12.8. The number of carbonyl (C=O) groups is 1. The van der Waals surface area contributed by atoms with Gasteiger partial charge in [0.25, 0.3) is 0 Å². The Balaban J connectivity index is 1.63. The van der Waals surface area contributed by atoms with Crippen molar-refractivity contribution in [3.63, 3.8) is 0 Å². The molecule has 7 heteroatoms. The van der Waals surface area contributed by atoms with Gasteiger partial charge in [-0.2, -0.15) is 4.31 Å². The lowest BCUT2D eigenvalue weighted by molar-refractivity contribution is -0.0288. The van der Waals surface area contributed by atoms with Gasteiger partial charge in [0.15, 0.2) is 0 Å².